The van der Waals surface area contributed by atoms with Gasteiger partial charge in [-0.2, -0.15) is 13.2 Å². The van der Waals surface area contributed by atoms with Gasteiger partial charge in [0.05, 0.1) is 13.5 Å². The van der Waals surface area contributed by atoms with Crippen LogP contribution in [-0.4, -0.2) is 30.0 Å². The lowest BCUT2D eigenvalue weighted by Gasteiger charge is -2.16. The van der Waals surface area contributed by atoms with Gasteiger partial charge >= 0.3 is 12.1 Å². The number of esters is 1. The van der Waals surface area contributed by atoms with Crippen molar-refractivity contribution in [1.82, 2.24) is 0 Å². The second-order valence-electron chi connectivity index (χ2n) is 2.62. The highest BCUT2D eigenvalue weighted by Gasteiger charge is 2.36. The molecular weight excluding hydrogens is 224 g/mol. The van der Waals surface area contributed by atoms with Gasteiger partial charge in [-0.3, -0.25) is 0 Å². The maximum absolute atomic E-state index is 13.2. The smallest absolute Gasteiger partial charge is 0.389 e. The van der Waals surface area contributed by atoms with E-state index in [-0.39, 0.29) is 11.8 Å². The zero-order valence-electron chi connectivity index (χ0n) is 7.65. The predicted molar refractivity (Wildman–Crippen MR) is 44.7 cm³/mol. The summed E-state index contributed by atoms with van der Waals surface area (Å²) in [5.41, 5.74) is 0. The third kappa shape index (κ3) is 5.31. The van der Waals surface area contributed by atoms with Crippen molar-refractivity contribution in [1.29, 1.82) is 0 Å². The molecule has 0 aromatic heterocycles. The molecule has 0 aromatic carbocycles. The monoisotopic (exact) mass is 234 g/mol. The van der Waals surface area contributed by atoms with Gasteiger partial charge in [0.25, 0.3) is 0 Å². The van der Waals surface area contributed by atoms with Crippen LogP contribution in [0, 0.1) is 0 Å². The van der Waals surface area contributed by atoms with Crippen LogP contribution in [0.5, 0.6) is 0 Å². The van der Waals surface area contributed by atoms with Crippen LogP contribution in [-0.2, 0) is 9.53 Å². The molecule has 0 saturated carbocycles. The van der Waals surface area contributed by atoms with Crippen molar-refractivity contribution < 1.29 is 27.1 Å². The molecule has 1 unspecified atom stereocenters. The lowest BCUT2D eigenvalue weighted by Crippen LogP contribution is -2.28. The molecule has 0 aromatic rings. The molecule has 0 saturated heterocycles. The second kappa shape index (κ2) is 4.86. The zero-order valence-corrected chi connectivity index (χ0v) is 8.47. The standard InChI is InChI=1S/C7H10F4O2S/c1-6(8,5(12)13-2)14-4-3-7(9,10)11/h3-4H2,1-2H3. The van der Waals surface area contributed by atoms with Crippen molar-refractivity contribution >= 4 is 17.7 Å². The number of thioether (sulfide) groups is 1. The van der Waals surface area contributed by atoms with Crippen LogP contribution >= 0.6 is 11.8 Å². The van der Waals surface area contributed by atoms with Gasteiger partial charge in [-0.25, -0.2) is 9.18 Å². The third-order valence-corrected chi connectivity index (χ3v) is 2.43. The van der Waals surface area contributed by atoms with E-state index in [1.54, 1.807) is 0 Å². The number of rotatable bonds is 4. The number of hydrogen-bond donors (Lipinski definition) is 0. The van der Waals surface area contributed by atoms with Crippen molar-refractivity contribution in [3.63, 3.8) is 0 Å². The molecule has 0 bridgehead atoms. The van der Waals surface area contributed by atoms with Gasteiger partial charge in [-0.1, -0.05) is 0 Å². The van der Waals surface area contributed by atoms with Crippen LogP contribution in [0.4, 0.5) is 17.6 Å². The average Bonchev–Trinajstić information content (AvgIpc) is 2.00. The Labute approximate surface area is 83.0 Å². The average molecular weight is 234 g/mol. The summed E-state index contributed by atoms with van der Waals surface area (Å²) >= 11 is 0.277. The SMILES string of the molecule is COC(=O)C(C)(F)SCCC(F)(F)F. The van der Waals surface area contributed by atoms with Gasteiger partial charge < -0.3 is 4.74 Å². The molecule has 7 heteroatoms. The van der Waals surface area contributed by atoms with E-state index in [1.807, 2.05) is 0 Å². The quantitative estimate of drug-likeness (QED) is 0.552. The number of ether oxygens (including phenoxy) is 1. The van der Waals surface area contributed by atoms with Crippen LogP contribution < -0.4 is 0 Å². The van der Waals surface area contributed by atoms with Crippen LogP contribution in [0.25, 0.3) is 0 Å². The van der Waals surface area contributed by atoms with Gasteiger partial charge in [0.1, 0.15) is 0 Å². The minimum atomic E-state index is -4.33. The molecule has 0 aliphatic heterocycles. The summed E-state index contributed by atoms with van der Waals surface area (Å²) in [6, 6.07) is 0. The molecule has 0 aliphatic carbocycles. The Morgan fingerprint density at radius 1 is 1.36 bits per heavy atom. The molecule has 14 heavy (non-hydrogen) atoms. The highest BCUT2D eigenvalue weighted by atomic mass is 32.2. The summed E-state index contributed by atoms with van der Waals surface area (Å²) in [5.74, 6) is -1.68. The first-order valence-electron chi connectivity index (χ1n) is 3.67. The molecule has 2 nitrogen and oxygen atoms in total. The largest absolute Gasteiger partial charge is 0.466 e. The minimum absolute atomic E-state index is 0.277. The number of halogens is 4. The van der Waals surface area contributed by atoms with Crippen molar-refractivity contribution in [2.45, 2.75) is 24.5 Å². The van der Waals surface area contributed by atoms with Crippen molar-refractivity contribution in [3.05, 3.63) is 0 Å². The first-order valence-corrected chi connectivity index (χ1v) is 4.65. The van der Waals surface area contributed by atoms with Crippen LogP contribution in [0.3, 0.4) is 0 Å². The Hall–Kier alpha value is -0.460. The molecule has 0 amide bonds. The molecule has 0 aliphatic rings. The molecule has 0 N–H and O–H groups in total. The third-order valence-electron chi connectivity index (χ3n) is 1.31. The van der Waals surface area contributed by atoms with E-state index >= 15 is 0 Å². The molecule has 84 valence electrons. The number of hydrogen-bond acceptors (Lipinski definition) is 3. The Kier molecular flexibility index (Phi) is 4.70. The predicted octanol–water partition coefficient (Wildman–Crippen LogP) is 2.53. The fourth-order valence-electron chi connectivity index (χ4n) is 0.600. The molecule has 0 heterocycles. The van der Waals surface area contributed by atoms with Crippen molar-refractivity contribution in [2.75, 3.05) is 12.9 Å². The Balaban J connectivity index is 3.94. The highest BCUT2D eigenvalue weighted by Crippen LogP contribution is 2.31. The number of methoxy groups -OCH3 is 1. The topological polar surface area (TPSA) is 26.3 Å². The summed E-state index contributed by atoms with van der Waals surface area (Å²) < 4.78 is 52.2. The zero-order chi connectivity index (χ0) is 11.4. The van der Waals surface area contributed by atoms with Gasteiger partial charge in [-0.15, -0.1) is 11.8 Å². The molecule has 1 atom stereocenters. The molecular formula is C7H10F4O2S. The molecule has 0 spiro atoms. The lowest BCUT2D eigenvalue weighted by molar-refractivity contribution is -0.147. The van der Waals surface area contributed by atoms with Crippen molar-refractivity contribution in [2.24, 2.45) is 0 Å². The minimum Gasteiger partial charge on any atom is -0.466 e. The van der Waals surface area contributed by atoms with E-state index < -0.39 is 29.3 Å². The first-order chi connectivity index (χ1) is 6.19. The molecule has 0 fully saturated rings. The van der Waals surface area contributed by atoms with Crippen LogP contribution in [0.15, 0.2) is 0 Å². The van der Waals surface area contributed by atoms with E-state index in [4.69, 9.17) is 0 Å². The van der Waals surface area contributed by atoms with Gasteiger partial charge in [0, 0.05) is 5.75 Å². The summed E-state index contributed by atoms with van der Waals surface area (Å²) in [6.45, 7) is 0.875. The maximum Gasteiger partial charge on any atom is 0.389 e. The van der Waals surface area contributed by atoms with Gasteiger partial charge in [-0.05, 0) is 6.92 Å². The Morgan fingerprint density at radius 2 is 1.86 bits per heavy atom. The van der Waals surface area contributed by atoms with Crippen LogP contribution in [0.2, 0.25) is 0 Å². The normalized spacial score (nSPS) is 16.1. The van der Waals surface area contributed by atoms with E-state index in [0.29, 0.717) is 0 Å². The Morgan fingerprint density at radius 3 is 2.21 bits per heavy atom. The Bertz CT molecular complexity index is 202. The summed E-state index contributed by atoms with van der Waals surface area (Å²) in [4.78, 5) is 10.7. The fraction of sp³-hybridized carbons (Fsp3) is 0.857. The second-order valence-corrected chi connectivity index (χ2v) is 4.09. The van der Waals surface area contributed by atoms with Crippen molar-refractivity contribution in [3.8, 4) is 0 Å². The maximum atomic E-state index is 13.2. The van der Waals surface area contributed by atoms with E-state index in [2.05, 4.69) is 4.74 Å². The first kappa shape index (κ1) is 13.5. The number of carbonyl (C=O) groups excluding carboxylic acids is 1. The molecule has 0 radical (unpaired) electrons. The highest BCUT2D eigenvalue weighted by molar-refractivity contribution is 8.01. The van der Waals surface area contributed by atoms with E-state index in [1.165, 1.54) is 0 Å². The number of alkyl halides is 4. The summed E-state index contributed by atoms with van der Waals surface area (Å²) in [6.07, 6.45) is -5.46. The van der Waals surface area contributed by atoms with Gasteiger partial charge in [0.15, 0.2) is 0 Å². The van der Waals surface area contributed by atoms with Gasteiger partial charge in [0.2, 0.25) is 5.00 Å². The van der Waals surface area contributed by atoms with E-state index in [9.17, 15) is 22.4 Å². The summed E-state index contributed by atoms with van der Waals surface area (Å²) in [5, 5.41) is -2.42. The van der Waals surface area contributed by atoms with E-state index in [0.717, 1.165) is 14.0 Å². The fourth-order valence-corrected chi connectivity index (χ4v) is 1.52. The number of carbonyl (C=O) groups is 1. The lowest BCUT2D eigenvalue weighted by atomic mass is 10.4. The van der Waals surface area contributed by atoms with Crippen LogP contribution in [0.1, 0.15) is 13.3 Å². The molecule has 0 rings (SSSR count). The summed E-state index contributed by atoms with van der Waals surface area (Å²) in [7, 11) is 0.977.